The van der Waals surface area contributed by atoms with Crippen LogP contribution in [0.3, 0.4) is 0 Å². The molecule has 160 valence electrons. The van der Waals surface area contributed by atoms with Gasteiger partial charge in [-0.15, -0.1) is 0 Å². The van der Waals surface area contributed by atoms with Gasteiger partial charge in [0.25, 0.3) is 5.91 Å². The Morgan fingerprint density at radius 3 is 2.67 bits per heavy atom. The summed E-state index contributed by atoms with van der Waals surface area (Å²) in [5.74, 6) is -0.477. The Bertz CT molecular complexity index is 910. The number of nitrogens with one attached hydrogen (secondary N) is 1. The van der Waals surface area contributed by atoms with Gasteiger partial charge < -0.3 is 24.4 Å². The summed E-state index contributed by atoms with van der Waals surface area (Å²) in [6, 6.07) is 9.21. The lowest BCUT2D eigenvalue weighted by Gasteiger charge is -2.21. The highest BCUT2D eigenvalue weighted by molar-refractivity contribution is 6.00. The van der Waals surface area contributed by atoms with Crippen molar-refractivity contribution in [2.45, 2.75) is 12.8 Å². The molecule has 1 aliphatic rings. The minimum Gasteiger partial charge on any atom is -0.493 e. The molecular formula is C22H25FN2O5. The molecule has 0 aliphatic carbocycles. The first-order valence-electron chi connectivity index (χ1n) is 9.69. The van der Waals surface area contributed by atoms with Crippen LogP contribution in [0.4, 0.5) is 10.1 Å². The van der Waals surface area contributed by atoms with E-state index >= 15 is 0 Å². The van der Waals surface area contributed by atoms with Crippen molar-refractivity contribution in [3.63, 3.8) is 0 Å². The van der Waals surface area contributed by atoms with Gasteiger partial charge >= 0.3 is 0 Å². The van der Waals surface area contributed by atoms with Gasteiger partial charge in [-0.2, -0.15) is 0 Å². The van der Waals surface area contributed by atoms with Crippen LogP contribution in [0.25, 0.3) is 0 Å². The molecule has 2 aromatic carbocycles. The first kappa shape index (κ1) is 21.6. The third-order valence-electron chi connectivity index (χ3n) is 4.82. The summed E-state index contributed by atoms with van der Waals surface area (Å²) in [5, 5.41) is 2.72. The second-order valence-corrected chi connectivity index (χ2v) is 6.83. The Morgan fingerprint density at radius 2 is 1.93 bits per heavy atom. The number of nitrogens with zero attached hydrogens (tertiary/aromatic N) is 1. The SMILES string of the molecule is COc1cc(C(=O)N2CCCOCC2)cc(NC(=O)Cc2ccccc2F)c1OC. The predicted molar refractivity (Wildman–Crippen MR) is 110 cm³/mol. The van der Waals surface area contributed by atoms with E-state index in [2.05, 4.69) is 5.32 Å². The van der Waals surface area contributed by atoms with Crippen molar-refractivity contribution in [3.05, 3.63) is 53.3 Å². The van der Waals surface area contributed by atoms with E-state index in [-0.39, 0.29) is 29.3 Å². The number of amides is 2. The zero-order chi connectivity index (χ0) is 21.5. The fourth-order valence-electron chi connectivity index (χ4n) is 3.32. The molecule has 0 unspecified atom stereocenters. The number of ether oxygens (including phenoxy) is 3. The molecule has 0 aromatic heterocycles. The van der Waals surface area contributed by atoms with E-state index in [1.54, 1.807) is 35.2 Å². The third-order valence-corrected chi connectivity index (χ3v) is 4.82. The largest absolute Gasteiger partial charge is 0.493 e. The maximum Gasteiger partial charge on any atom is 0.254 e. The number of halogens is 1. The molecular weight excluding hydrogens is 391 g/mol. The van der Waals surface area contributed by atoms with E-state index in [4.69, 9.17) is 14.2 Å². The van der Waals surface area contributed by atoms with Gasteiger partial charge in [-0.1, -0.05) is 18.2 Å². The molecule has 3 rings (SSSR count). The molecule has 8 heteroatoms. The van der Waals surface area contributed by atoms with E-state index in [0.717, 1.165) is 6.42 Å². The summed E-state index contributed by atoms with van der Waals surface area (Å²) in [5.41, 5.74) is 0.918. The molecule has 0 saturated carbocycles. The van der Waals surface area contributed by atoms with Crippen LogP contribution in [0.15, 0.2) is 36.4 Å². The molecule has 2 amide bonds. The van der Waals surface area contributed by atoms with Crippen molar-refractivity contribution in [1.82, 2.24) is 4.90 Å². The second-order valence-electron chi connectivity index (χ2n) is 6.83. The average molecular weight is 416 g/mol. The monoisotopic (exact) mass is 416 g/mol. The van der Waals surface area contributed by atoms with E-state index in [9.17, 15) is 14.0 Å². The molecule has 7 nitrogen and oxygen atoms in total. The van der Waals surface area contributed by atoms with Gasteiger partial charge in [0, 0.05) is 25.3 Å². The average Bonchev–Trinajstić information content (AvgIpc) is 3.03. The van der Waals surface area contributed by atoms with Gasteiger partial charge in [0.15, 0.2) is 11.5 Å². The van der Waals surface area contributed by atoms with Crippen molar-refractivity contribution in [3.8, 4) is 11.5 Å². The number of hydrogen-bond donors (Lipinski definition) is 1. The molecule has 0 atom stereocenters. The molecule has 1 aliphatic heterocycles. The molecule has 2 aromatic rings. The van der Waals surface area contributed by atoms with E-state index in [1.807, 2.05) is 0 Å². The van der Waals surface area contributed by atoms with Crippen molar-refractivity contribution in [2.75, 3.05) is 45.8 Å². The number of rotatable bonds is 6. The maximum absolute atomic E-state index is 13.9. The zero-order valence-corrected chi connectivity index (χ0v) is 17.1. The standard InChI is InChI=1S/C22H25FN2O5/c1-28-19-13-16(22(27)25-8-5-10-30-11-9-25)12-18(21(19)29-2)24-20(26)14-15-6-3-4-7-17(15)23/h3-4,6-7,12-13H,5,8-11,14H2,1-2H3,(H,24,26). The Kier molecular flexibility index (Phi) is 7.24. The van der Waals surface area contributed by atoms with Crippen LogP contribution in [-0.2, 0) is 16.0 Å². The van der Waals surface area contributed by atoms with Gasteiger partial charge in [-0.25, -0.2) is 4.39 Å². The number of benzene rings is 2. The van der Waals surface area contributed by atoms with Gasteiger partial charge in [0.2, 0.25) is 5.91 Å². The Balaban J connectivity index is 1.86. The van der Waals surface area contributed by atoms with Crippen molar-refractivity contribution in [2.24, 2.45) is 0 Å². The van der Waals surface area contributed by atoms with Crippen LogP contribution < -0.4 is 14.8 Å². The first-order chi connectivity index (χ1) is 14.5. The van der Waals surface area contributed by atoms with Gasteiger partial charge in [0.05, 0.1) is 32.9 Å². The first-order valence-corrected chi connectivity index (χ1v) is 9.69. The molecule has 1 heterocycles. The number of carbonyl (C=O) groups excluding carboxylic acids is 2. The lowest BCUT2D eigenvalue weighted by atomic mass is 10.1. The van der Waals surface area contributed by atoms with E-state index in [0.29, 0.717) is 37.6 Å². The lowest BCUT2D eigenvalue weighted by Crippen LogP contribution is -2.33. The fraction of sp³-hybridized carbons (Fsp3) is 0.364. The van der Waals surface area contributed by atoms with Gasteiger partial charge in [-0.05, 0) is 30.2 Å². The summed E-state index contributed by atoms with van der Waals surface area (Å²) >= 11 is 0. The van der Waals surface area contributed by atoms with E-state index in [1.165, 1.54) is 20.3 Å². The van der Waals surface area contributed by atoms with Crippen LogP contribution >= 0.6 is 0 Å². The molecule has 30 heavy (non-hydrogen) atoms. The second kappa shape index (κ2) is 10.1. The van der Waals surface area contributed by atoms with Crippen molar-refractivity contribution >= 4 is 17.5 Å². The van der Waals surface area contributed by atoms with Crippen LogP contribution in [0.2, 0.25) is 0 Å². The van der Waals surface area contributed by atoms with E-state index < -0.39 is 11.7 Å². The summed E-state index contributed by atoms with van der Waals surface area (Å²) in [6.45, 7) is 2.17. The summed E-state index contributed by atoms with van der Waals surface area (Å²) in [7, 11) is 2.90. The summed E-state index contributed by atoms with van der Waals surface area (Å²) in [6.07, 6.45) is 0.602. The molecule has 0 radical (unpaired) electrons. The molecule has 1 N–H and O–H groups in total. The molecule has 0 spiro atoms. The normalized spacial score (nSPS) is 14.0. The van der Waals surface area contributed by atoms with Crippen LogP contribution in [0.1, 0.15) is 22.3 Å². The highest BCUT2D eigenvalue weighted by Gasteiger charge is 2.22. The lowest BCUT2D eigenvalue weighted by molar-refractivity contribution is -0.115. The number of hydrogen-bond acceptors (Lipinski definition) is 5. The van der Waals surface area contributed by atoms with Crippen LogP contribution in [-0.4, -0.2) is 57.2 Å². The van der Waals surface area contributed by atoms with Gasteiger partial charge in [-0.3, -0.25) is 9.59 Å². The van der Waals surface area contributed by atoms with Crippen molar-refractivity contribution < 1.29 is 28.2 Å². The smallest absolute Gasteiger partial charge is 0.254 e. The molecule has 0 bridgehead atoms. The minimum atomic E-state index is -0.454. The maximum atomic E-state index is 13.9. The number of methoxy groups -OCH3 is 2. The Morgan fingerprint density at radius 1 is 1.13 bits per heavy atom. The minimum absolute atomic E-state index is 0.153. The quantitative estimate of drug-likeness (QED) is 0.784. The fourth-order valence-corrected chi connectivity index (χ4v) is 3.32. The summed E-state index contributed by atoms with van der Waals surface area (Å²) in [4.78, 5) is 27.3. The van der Waals surface area contributed by atoms with Crippen LogP contribution in [0.5, 0.6) is 11.5 Å². The number of anilines is 1. The molecule has 1 saturated heterocycles. The Labute approximate surface area is 174 Å². The molecule has 1 fully saturated rings. The van der Waals surface area contributed by atoms with Gasteiger partial charge in [0.1, 0.15) is 5.82 Å². The Hall–Kier alpha value is -3.13. The van der Waals surface area contributed by atoms with Crippen molar-refractivity contribution in [1.29, 1.82) is 0 Å². The van der Waals surface area contributed by atoms with Crippen LogP contribution in [0, 0.1) is 5.82 Å². The predicted octanol–water partition coefficient (Wildman–Crippen LogP) is 2.89. The highest BCUT2D eigenvalue weighted by atomic mass is 19.1. The third kappa shape index (κ3) is 5.07. The number of carbonyl (C=O) groups is 2. The summed E-state index contributed by atoms with van der Waals surface area (Å²) < 4.78 is 30.0. The highest BCUT2D eigenvalue weighted by Crippen LogP contribution is 2.37. The topological polar surface area (TPSA) is 77.1 Å². The zero-order valence-electron chi connectivity index (χ0n) is 17.1.